The molecule has 0 aliphatic carbocycles. The number of rotatable bonds is 4. The van der Waals surface area contributed by atoms with Crippen molar-refractivity contribution in [1.82, 2.24) is 10.2 Å². The van der Waals surface area contributed by atoms with Gasteiger partial charge in [0.15, 0.2) is 29.1 Å². The van der Waals surface area contributed by atoms with Crippen molar-refractivity contribution in [3.05, 3.63) is 83.1 Å². The molecular formula is C18H10F4N2O. The monoisotopic (exact) mass is 346 g/mol. The number of nitrogens with zero attached hydrogens (tertiary/aromatic N) is 1. The van der Waals surface area contributed by atoms with Gasteiger partial charge in [0.2, 0.25) is 0 Å². The Bertz CT molecular complexity index is 979. The zero-order chi connectivity index (χ0) is 18.0. The van der Waals surface area contributed by atoms with Crippen LogP contribution in [0.1, 0.15) is 16.1 Å². The maximum atomic E-state index is 13.2. The number of ketones is 1. The summed E-state index contributed by atoms with van der Waals surface area (Å²) >= 11 is 0. The minimum absolute atomic E-state index is 0.00417. The van der Waals surface area contributed by atoms with Crippen LogP contribution in [0.5, 0.6) is 0 Å². The van der Waals surface area contributed by atoms with E-state index >= 15 is 0 Å². The third-order valence-electron chi connectivity index (χ3n) is 3.43. The summed E-state index contributed by atoms with van der Waals surface area (Å²) in [7, 11) is 0. The van der Waals surface area contributed by atoms with E-state index in [2.05, 4.69) is 10.2 Å². The minimum atomic E-state index is -1.11. The first-order valence-corrected chi connectivity index (χ1v) is 7.12. The molecule has 0 bridgehead atoms. The molecule has 0 aliphatic heterocycles. The Morgan fingerprint density at radius 2 is 1.56 bits per heavy atom. The molecule has 0 saturated heterocycles. The zero-order valence-electron chi connectivity index (χ0n) is 12.6. The summed E-state index contributed by atoms with van der Waals surface area (Å²) < 4.78 is 52.2. The summed E-state index contributed by atoms with van der Waals surface area (Å²) in [6.45, 7) is 0. The Kier molecular flexibility index (Phi) is 4.47. The standard InChI is InChI=1S/C18H10F4N2O/c19-13-4-1-10(7-15(13)21)17-9-12(23-24-17)3-6-18(25)11-2-5-14(20)16(22)8-11/h1-9H,(H,23,24). The highest BCUT2D eigenvalue weighted by Crippen LogP contribution is 2.20. The van der Waals surface area contributed by atoms with E-state index in [1.165, 1.54) is 24.3 Å². The van der Waals surface area contributed by atoms with Crippen molar-refractivity contribution in [2.75, 3.05) is 0 Å². The lowest BCUT2D eigenvalue weighted by atomic mass is 10.1. The molecule has 3 aromatic rings. The average molecular weight is 346 g/mol. The summed E-state index contributed by atoms with van der Waals surface area (Å²) in [5, 5.41) is 6.57. The molecule has 0 saturated carbocycles. The van der Waals surface area contributed by atoms with Gasteiger partial charge in [-0.05, 0) is 54.6 Å². The molecule has 2 aromatic carbocycles. The predicted octanol–water partition coefficient (Wildman–Crippen LogP) is 4.53. The molecule has 0 unspecified atom stereocenters. The topological polar surface area (TPSA) is 45.8 Å². The number of halogens is 4. The molecule has 1 aromatic heterocycles. The van der Waals surface area contributed by atoms with E-state index < -0.39 is 29.1 Å². The van der Waals surface area contributed by atoms with Gasteiger partial charge < -0.3 is 0 Å². The van der Waals surface area contributed by atoms with Crippen LogP contribution in [0, 0.1) is 23.3 Å². The van der Waals surface area contributed by atoms with Crippen LogP contribution in [-0.2, 0) is 0 Å². The number of aromatic amines is 1. The first-order valence-electron chi connectivity index (χ1n) is 7.12. The summed E-state index contributed by atoms with van der Waals surface area (Å²) in [5.74, 6) is -4.63. The smallest absolute Gasteiger partial charge is 0.186 e. The molecule has 0 amide bonds. The van der Waals surface area contributed by atoms with E-state index in [0.29, 0.717) is 17.0 Å². The van der Waals surface area contributed by atoms with Crippen LogP contribution in [0.3, 0.4) is 0 Å². The van der Waals surface area contributed by atoms with Crippen LogP contribution >= 0.6 is 0 Å². The van der Waals surface area contributed by atoms with Gasteiger partial charge >= 0.3 is 0 Å². The fraction of sp³-hybridized carbons (Fsp3) is 0. The number of hydrogen-bond acceptors (Lipinski definition) is 2. The number of aromatic nitrogens is 2. The first-order chi connectivity index (χ1) is 11.9. The van der Waals surface area contributed by atoms with Crippen molar-refractivity contribution < 1.29 is 22.4 Å². The van der Waals surface area contributed by atoms with Crippen LogP contribution in [0.25, 0.3) is 17.3 Å². The number of benzene rings is 2. The molecule has 7 heteroatoms. The van der Waals surface area contributed by atoms with Crippen LogP contribution in [0.15, 0.2) is 48.5 Å². The van der Waals surface area contributed by atoms with Crippen molar-refractivity contribution in [1.29, 1.82) is 0 Å². The Hall–Kier alpha value is -3.22. The van der Waals surface area contributed by atoms with E-state index in [1.54, 1.807) is 0 Å². The third kappa shape index (κ3) is 3.65. The molecule has 25 heavy (non-hydrogen) atoms. The Balaban J connectivity index is 1.78. The maximum absolute atomic E-state index is 13.2. The Morgan fingerprint density at radius 1 is 0.880 bits per heavy atom. The second-order valence-electron chi connectivity index (χ2n) is 5.16. The summed E-state index contributed by atoms with van der Waals surface area (Å²) in [4.78, 5) is 11.9. The van der Waals surface area contributed by atoms with Crippen LogP contribution in [0.4, 0.5) is 17.6 Å². The molecule has 1 heterocycles. The lowest BCUT2D eigenvalue weighted by molar-refractivity contribution is 0.104. The van der Waals surface area contributed by atoms with Crippen molar-refractivity contribution in [3.8, 4) is 11.3 Å². The molecule has 0 fully saturated rings. The predicted molar refractivity (Wildman–Crippen MR) is 83.7 cm³/mol. The van der Waals surface area contributed by atoms with Gasteiger partial charge in [-0.25, -0.2) is 17.6 Å². The largest absolute Gasteiger partial charge is 0.289 e. The highest BCUT2D eigenvalue weighted by Gasteiger charge is 2.09. The molecule has 3 rings (SSSR count). The summed E-state index contributed by atoms with van der Waals surface area (Å²) in [5.41, 5.74) is 1.15. The molecular weight excluding hydrogens is 336 g/mol. The van der Waals surface area contributed by atoms with E-state index in [0.717, 1.165) is 30.3 Å². The fourth-order valence-corrected chi connectivity index (χ4v) is 2.14. The number of nitrogens with one attached hydrogen (secondary N) is 1. The maximum Gasteiger partial charge on any atom is 0.186 e. The highest BCUT2D eigenvalue weighted by molar-refractivity contribution is 6.06. The van der Waals surface area contributed by atoms with Crippen molar-refractivity contribution in [2.24, 2.45) is 0 Å². The molecule has 0 spiro atoms. The van der Waals surface area contributed by atoms with E-state index in [9.17, 15) is 22.4 Å². The zero-order valence-corrected chi connectivity index (χ0v) is 12.6. The van der Waals surface area contributed by atoms with Crippen LogP contribution in [0.2, 0.25) is 0 Å². The van der Waals surface area contributed by atoms with Gasteiger partial charge in [0.1, 0.15) is 0 Å². The molecule has 0 aliphatic rings. The molecule has 126 valence electrons. The van der Waals surface area contributed by atoms with Gasteiger partial charge in [0.05, 0.1) is 11.4 Å². The third-order valence-corrected chi connectivity index (χ3v) is 3.43. The summed E-state index contributed by atoms with van der Waals surface area (Å²) in [6, 6.07) is 7.74. The van der Waals surface area contributed by atoms with Crippen LogP contribution in [-0.4, -0.2) is 16.0 Å². The second-order valence-corrected chi connectivity index (χ2v) is 5.16. The van der Waals surface area contributed by atoms with Crippen molar-refractivity contribution in [2.45, 2.75) is 0 Å². The fourth-order valence-electron chi connectivity index (χ4n) is 2.14. The molecule has 3 nitrogen and oxygen atoms in total. The number of carbonyl (C=O) groups excluding carboxylic acids is 1. The second kappa shape index (κ2) is 6.72. The number of carbonyl (C=O) groups is 1. The van der Waals surface area contributed by atoms with E-state index in [1.807, 2.05) is 0 Å². The van der Waals surface area contributed by atoms with Crippen LogP contribution < -0.4 is 0 Å². The molecule has 1 N–H and O–H groups in total. The van der Waals surface area contributed by atoms with Crippen molar-refractivity contribution >= 4 is 11.9 Å². The van der Waals surface area contributed by atoms with Gasteiger partial charge in [0.25, 0.3) is 0 Å². The van der Waals surface area contributed by atoms with E-state index in [4.69, 9.17) is 0 Å². The number of hydrogen-bond donors (Lipinski definition) is 1. The highest BCUT2D eigenvalue weighted by atomic mass is 19.2. The van der Waals surface area contributed by atoms with Gasteiger partial charge in [-0.3, -0.25) is 9.89 Å². The van der Waals surface area contributed by atoms with Gasteiger partial charge in [-0.15, -0.1) is 0 Å². The summed E-state index contributed by atoms with van der Waals surface area (Å²) in [6.07, 6.45) is 2.55. The first kappa shape index (κ1) is 16.6. The van der Waals surface area contributed by atoms with Gasteiger partial charge in [-0.2, -0.15) is 5.10 Å². The molecule has 0 atom stereocenters. The van der Waals surface area contributed by atoms with E-state index in [-0.39, 0.29) is 5.56 Å². The average Bonchev–Trinajstić information content (AvgIpc) is 3.06. The van der Waals surface area contributed by atoms with Gasteiger partial charge in [0, 0.05) is 11.1 Å². The number of H-pyrrole nitrogens is 1. The quantitative estimate of drug-likeness (QED) is 0.429. The van der Waals surface area contributed by atoms with Crippen molar-refractivity contribution in [3.63, 3.8) is 0 Å². The molecule has 0 radical (unpaired) electrons. The normalized spacial score (nSPS) is 11.2. The van der Waals surface area contributed by atoms with Gasteiger partial charge in [-0.1, -0.05) is 0 Å². The SMILES string of the molecule is O=C(C=Cc1cc(-c2ccc(F)c(F)c2)n[nH]1)c1ccc(F)c(F)c1. The minimum Gasteiger partial charge on any atom is -0.289 e. The number of allylic oxidation sites excluding steroid dienone is 1. The lowest BCUT2D eigenvalue weighted by Gasteiger charge is -1.97. The Morgan fingerprint density at radius 3 is 2.24 bits per heavy atom. The lowest BCUT2D eigenvalue weighted by Crippen LogP contribution is -1.96. The Labute approximate surface area is 139 Å².